The summed E-state index contributed by atoms with van der Waals surface area (Å²) < 4.78 is 27.5. The van der Waals surface area contributed by atoms with Crippen molar-refractivity contribution < 1.29 is 13.9 Å². The molecule has 2 bridgehead atoms. The monoisotopic (exact) mass is 344 g/mol. The average Bonchev–Trinajstić information content (AvgIpc) is 2.60. The summed E-state index contributed by atoms with van der Waals surface area (Å²) in [5, 5.41) is 11.5. The molecule has 1 N–H and O–H groups in total. The second-order valence-electron chi connectivity index (χ2n) is 7.27. The lowest BCUT2D eigenvalue weighted by Crippen LogP contribution is -2.58. The van der Waals surface area contributed by atoms with Crippen LogP contribution in [-0.2, 0) is 12.1 Å². The van der Waals surface area contributed by atoms with E-state index in [1.807, 2.05) is 18.2 Å². The maximum atomic E-state index is 14.0. The van der Waals surface area contributed by atoms with Crippen molar-refractivity contribution in [2.75, 3.05) is 13.1 Å². The fourth-order valence-electron chi connectivity index (χ4n) is 4.60. The highest BCUT2D eigenvalue weighted by Gasteiger charge is 2.52. The SMILES string of the molecule is OC1(c2ccccn2)[C@@H]2CCC[C@H]1CN(Cc1cccc(F)c1F)C2. The van der Waals surface area contributed by atoms with Crippen LogP contribution in [0.2, 0.25) is 0 Å². The van der Waals surface area contributed by atoms with Crippen LogP contribution in [0.3, 0.4) is 0 Å². The molecule has 1 unspecified atom stereocenters. The third kappa shape index (κ3) is 2.85. The lowest BCUT2D eigenvalue weighted by molar-refractivity contribution is -0.151. The second-order valence-corrected chi connectivity index (χ2v) is 7.27. The number of rotatable bonds is 3. The molecular formula is C20H22F2N2O. The number of benzene rings is 1. The maximum absolute atomic E-state index is 14.0. The van der Waals surface area contributed by atoms with Gasteiger partial charge in [-0.15, -0.1) is 0 Å². The molecule has 2 aliphatic rings. The van der Waals surface area contributed by atoms with Crippen molar-refractivity contribution in [3.8, 4) is 0 Å². The van der Waals surface area contributed by atoms with E-state index in [9.17, 15) is 13.9 Å². The first kappa shape index (κ1) is 16.6. The first-order chi connectivity index (χ1) is 12.1. The average molecular weight is 344 g/mol. The molecule has 1 saturated heterocycles. The minimum absolute atomic E-state index is 0.0616. The largest absolute Gasteiger partial charge is 0.383 e. The Kier molecular flexibility index (Phi) is 4.29. The fraction of sp³-hybridized carbons (Fsp3) is 0.450. The molecule has 25 heavy (non-hydrogen) atoms. The Bertz CT molecular complexity index is 739. The van der Waals surface area contributed by atoms with Gasteiger partial charge in [-0.25, -0.2) is 8.78 Å². The normalized spacial score (nSPS) is 29.6. The number of aliphatic hydroxyl groups is 1. The van der Waals surface area contributed by atoms with Gasteiger partial charge in [0.2, 0.25) is 0 Å². The third-order valence-corrected chi connectivity index (χ3v) is 5.81. The molecule has 2 fully saturated rings. The van der Waals surface area contributed by atoms with Crippen LogP contribution in [0.15, 0.2) is 42.6 Å². The number of nitrogens with zero attached hydrogens (tertiary/aromatic N) is 2. The highest BCUT2D eigenvalue weighted by molar-refractivity contribution is 5.22. The number of halogens is 2. The number of pyridine rings is 1. The van der Waals surface area contributed by atoms with Gasteiger partial charge in [-0.3, -0.25) is 9.88 Å². The molecule has 2 aromatic rings. The smallest absolute Gasteiger partial charge is 0.163 e. The molecule has 3 nitrogen and oxygen atoms in total. The molecule has 1 aliphatic carbocycles. The van der Waals surface area contributed by atoms with Crippen molar-refractivity contribution in [3.63, 3.8) is 0 Å². The third-order valence-electron chi connectivity index (χ3n) is 5.81. The van der Waals surface area contributed by atoms with Crippen molar-refractivity contribution in [3.05, 3.63) is 65.5 Å². The van der Waals surface area contributed by atoms with Crippen LogP contribution in [0, 0.1) is 23.5 Å². The second kappa shape index (κ2) is 6.46. The highest BCUT2D eigenvalue weighted by atomic mass is 19.2. The van der Waals surface area contributed by atoms with Gasteiger partial charge in [-0.05, 0) is 31.0 Å². The van der Waals surface area contributed by atoms with Crippen molar-refractivity contribution >= 4 is 0 Å². The van der Waals surface area contributed by atoms with Gasteiger partial charge < -0.3 is 5.11 Å². The van der Waals surface area contributed by atoms with Gasteiger partial charge in [-0.1, -0.05) is 24.6 Å². The molecule has 1 aromatic carbocycles. The quantitative estimate of drug-likeness (QED) is 0.926. The molecule has 2 heterocycles. The summed E-state index contributed by atoms with van der Waals surface area (Å²) in [6.45, 7) is 1.70. The van der Waals surface area contributed by atoms with Crippen LogP contribution >= 0.6 is 0 Å². The van der Waals surface area contributed by atoms with E-state index in [4.69, 9.17) is 0 Å². The summed E-state index contributed by atoms with van der Waals surface area (Å²) in [4.78, 5) is 6.56. The Labute approximate surface area is 146 Å². The van der Waals surface area contributed by atoms with Crippen LogP contribution < -0.4 is 0 Å². The number of aromatic nitrogens is 1. The van der Waals surface area contributed by atoms with Gasteiger partial charge in [0, 0.05) is 43.2 Å². The van der Waals surface area contributed by atoms with E-state index in [-0.39, 0.29) is 11.8 Å². The topological polar surface area (TPSA) is 36.4 Å². The summed E-state index contributed by atoms with van der Waals surface area (Å²) in [6, 6.07) is 9.97. The van der Waals surface area contributed by atoms with Crippen LogP contribution in [-0.4, -0.2) is 28.1 Å². The van der Waals surface area contributed by atoms with Crippen LogP contribution in [0.4, 0.5) is 8.78 Å². The van der Waals surface area contributed by atoms with Gasteiger partial charge >= 0.3 is 0 Å². The first-order valence-corrected chi connectivity index (χ1v) is 8.88. The van der Waals surface area contributed by atoms with Gasteiger partial charge in [-0.2, -0.15) is 0 Å². The summed E-state index contributed by atoms with van der Waals surface area (Å²) in [6.07, 6.45) is 4.65. The van der Waals surface area contributed by atoms with Crippen molar-refractivity contribution in [2.24, 2.45) is 11.8 Å². The van der Waals surface area contributed by atoms with E-state index in [1.54, 1.807) is 18.3 Å². The molecule has 0 spiro atoms. The van der Waals surface area contributed by atoms with E-state index in [2.05, 4.69) is 9.88 Å². The standard InChI is InChI=1S/C20H22F2N2O/c21-17-8-3-5-14(19(17)22)11-24-12-15-6-4-7-16(13-24)20(15,25)18-9-1-2-10-23-18/h1-3,5,8-10,15-16,25H,4,6-7,11-13H2/t15-,16+,20?. The number of piperidine rings is 1. The molecule has 1 aliphatic heterocycles. The predicted molar refractivity (Wildman–Crippen MR) is 90.6 cm³/mol. The zero-order chi connectivity index (χ0) is 17.4. The Morgan fingerprint density at radius 2 is 1.84 bits per heavy atom. The van der Waals surface area contributed by atoms with Crippen LogP contribution in [0.5, 0.6) is 0 Å². The fourth-order valence-corrected chi connectivity index (χ4v) is 4.60. The first-order valence-electron chi connectivity index (χ1n) is 8.88. The molecule has 1 aromatic heterocycles. The molecule has 3 atom stereocenters. The minimum atomic E-state index is -0.920. The van der Waals surface area contributed by atoms with Crippen molar-refractivity contribution in [1.82, 2.24) is 9.88 Å². The Morgan fingerprint density at radius 3 is 2.52 bits per heavy atom. The van der Waals surface area contributed by atoms with E-state index in [0.717, 1.165) is 31.0 Å². The summed E-state index contributed by atoms with van der Waals surface area (Å²) in [5.74, 6) is -1.45. The van der Waals surface area contributed by atoms with Crippen LogP contribution in [0.1, 0.15) is 30.5 Å². The van der Waals surface area contributed by atoms with E-state index in [0.29, 0.717) is 25.2 Å². The van der Waals surface area contributed by atoms with E-state index < -0.39 is 17.2 Å². The number of likely N-dealkylation sites (tertiary alicyclic amines) is 1. The van der Waals surface area contributed by atoms with Gasteiger partial charge in [0.15, 0.2) is 11.6 Å². The summed E-state index contributed by atoms with van der Waals surface area (Å²) >= 11 is 0. The Balaban J connectivity index is 1.58. The molecular weight excluding hydrogens is 322 g/mol. The van der Waals surface area contributed by atoms with Crippen molar-refractivity contribution in [2.45, 2.75) is 31.4 Å². The lowest BCUT2D eigenvalue weighted by atomic mass is 9.64. The van der Waals surface area contributed by atoms with Gasteiger partial charge in [0.25, 0.3) is 0 Å². The van der Waals surface area contributed by atoms with Crippen molar-refractivity contribution in [1.29, 1.82) is 0 Å². The Morgan fingerprint density at radius 1 is 1.08 bits per heavy atom. The zero-order valence-electron chi connectivity index (χ0n) is 14.0. The highest BCUT2D eigenvalue weighted by Crippen LogP contribution is 2.48. The summed E-state index contributed by atoms with van der Waals surface area (Å²) in [5.41, 5.74) is 0.193. The number of fused-ring (bicyclic) bond motifs is 2. The summed E-state index contributed by atoms with van der Waals surface area (Å²) in [7, 11) is 0. The van der Waals surface area contributed by atoms with E-state index in [1.165, 1.54) is 0 Å². The lowest BCUT2D eigenvalue weighted by Gasteiger charge is -2.52. The molecule has 0 amide bonds. The zero-order valence-corrected chi connectivity index (χ0v) is 14.0. The molecule has 132 valence electrons. The van der Waals surface area contributed by atoms with E-state index >= 15 is 0 Å². The predicted octanol–water partition coefficient (Wildman–Crippen LogP) is 3.48. The Hall–Kier alpha value is -1.85. The minimum Gasteiger partial charge on any atom is -0.383 e. The van der Waals surface area contributed by atoms with Crippen LogP contribution in [0.25, 0.3) is 0 Å². The molecule has 4 rings (SSSR count). The molecule has 1 saturated carbocycles. The maximum Gasteiger partial charge on any atom is 0.163 e. The number of hydrogen-bond acceptors (Lipinski definition) is 3. The molecule has 0 radical (unpaired) electrons. The van der Waals surface area contributed by atoms with Gasteiger partial charge in [0.05, 0.1) is 5.69 Å². The molecule has 5 heteroatoms. The van der Waals surface area contributed by atoms with Gasteiger partial charge in [0.1, 0.15) is 5.60 Å². The number of hydrogen-bond donors (Lipinski definition) is 1.